The van der Waals surface area contributed by atoms with Gasteiger partial charge in [0.2, 0.25) is 0 Å². The van der Waals surface area contributed by atoms with E-state index in [0.29, 0.717) is 16.6 Å². The number of amides is 1. The molecule has 5 heteroatoms. The molecule has 0 unspecified atom stereocenters. The predicted molar refractivity (Wildman–Crippen MR) is 82.4 cm³/mol. The van der Waals surface area contributed by atoms with Crippen LogP contribution in [-0.4, -0.2) is 18.1 Å². The van der Waals surface area contributed by atoms with Crippen molar-refractivity contribution >= 4 is 40.1 Å². The third-order valence-corrected chi connectivity index (χ3v) is 3.36. The first-order valence-electron chi connectivity index (χ1n) is 6.09. The van der Waals surface area contributed by atoms with Crippen LogP contribution in [0.4, 0.5) is 0 Å². The zero-order valence-electron chi connectivity index (χ0n) is 10.8. The van der Waals surface area contributed by atoms with Gasteiger partial charge in [-0.3, -0.25) is 10.1 Å². The number of methoxy groups -OCH3 is 1. The summed E-state index contributed by atoms with van der Waals surface area (Å²) in [6.45, 7) is 0. The fraction of sp³-hybridized carbons (Fsp3) is 0.0667. The van der Waals surface area contributed by atoms with Crippen molar-refractivity contribution in [3.05, 3.63) is 47.7 Å². The number of carbonyl (C=O) groups excluding carboxylic acids is 1. The molecule has 0 saturated carbocycles. The van der Waals surface area contributed by atoms with E-state index in [4.69, 9.17) is 17.0 Å². The van der Waals surface area contributed by atoms with Crippen molar-refractivity contribution in [3.63, 3.8) is 0 Å². The van der Waals surface area contributed by atoms with Crippen molar-refractivity contribution < 1.29 is 9.53 Å². The molecule has 2 aromatic carbocycles. The predicted octanol–water partition coefficient (Wildman–Crippen LogP) is 2.19. The van der Waals surface area contributed by atoms with Crippen molar-refractivity contribution in [3.8, 4) is 5.75 Å². The first-order chi connectivity index (χ1) is 9.69. The molecule has 0 bridgehead atoms. The van der Waals surface area contributed by atoms with E-state index >= 15 is 0 Å². The summed E-state index contributed by atoms with van der Waals surface area (Å²) in [5.74, 6) is 0.480. The molecular weight excluding hydrogens is 272 g/mol. The average molecular weight is 284 g/mol. The van der Waals surface area contributed by atoms with Gasteiger partial charge >= 0.3 is 0 Å². The van der Waals surface area contributed by atoms with Crippen molar-refractivity contribution in [2.24, 2.45) is 0 Å². The van der Waals surface area contributed by atoms with Crippen LogP contribution in [0, 0.1) is 0 Å². The minimum atomic E-state index is -0.231. The largest absolute Gasteiger partial charge is 0.496 e. The van der Waals surface area contributed by atoms with E-state index in [1.165, 1.54) is 0 Å². The van der Waals surface area contributed by atoms with E-state index in [1.807, 2.05) is 36.4 Å². The lowest BCUT2D eigenvalue weighted by atomic mass is 10.0. The summed E-state index contributed by atoms with van der Waals surface area (Å²) in [6.07, 6.45) is 1.76. The van der Waals surface area contributed by atoms with Gasteiger partial charge in [-0.15, -0.1) is 0 Å². The van der Waals surface area contributed by atoms with Gasteiger partial charge in [0.15, 0.2) is 5.11 Å². The number of carbonyl (C=O) groups is 1. The Bertz CT molecular complexity index is 753. The van der Waals surface area contributed by atoms with Crippen LogP contribution < -0.4 is 15.4 Å². The van der Waals surface area contributed by atoms with Gasteiger partial charge < -0.3 is 10.1 Å². The molecule has 1 heterocycles. The Balaban J connectivity index is 2.21. The lowest BCUT2D eigenvalue weighted by Gasteiger charge is -2.09. The molecular formula is C15H12N2O2S. The molecule has 2 aromatic rings. The minimum Gasteiger partial charge on any atom is -0.496 e. The van der Waals surface area contributed by atoms with Crippen molar-refractivity contribution in [1.82, 2.24) is 10.6 Å². The van der Waals surface area contributed by atoms with E-state index < -0.39 is 0 Å². The number of fused-ring (bicyclic) bond motifs is 1. The van der Waals surface area contributed by atoms with Crippen LogP contribution >= 0.6 is 12.2 Å². The number of rotatable bonds is 2. The molecule has 1 fully saturated rings. The normalized spacial score (nSPS) is 16.4. The third-order valence-electron chi connectivity index (χ3n) is 3.16. The first kappa shape index (κ1) is 12.6. The van der Waals surface area contributed by atoms with Gasteiger partial charge in [-0.25, -0.2) is 0 Å². The Morgan fingerprint density at radius 2 is 1.95 bits per heavy atom. The lowest BCUT2D eigenvalue weighted by molar-refractivity contribution is -0.115. The van der Waals surface area contributed by atoms with Gasteiger partial charge in [0.05, 0.1) is 7.11 Å². The zero-order chi connectivity index (χ0) is 14.1. The Kier molecular flexibility index (Phi) is 3.12. The number of thiocarbonyl (C=S) groups is 1. The molecule has 0 aromatic heterocycles. The summed E-state index contributed by atoms with van der Waals surface area (Å²) in [7, 11) is 1.61. The maximum atomic E-state index is 11.8. The second-order valence-electron chi connectivity index (χ2n) is 4.37. The van der Waals surface area contributed by atoms with Gasteiger partial charge in [0.25, 0.3) is 5.91 Å². The van der Waals surface area contributed by atoms with E-state index in [0.717, 1.165) is 16.3 Å². The summed E-state index contributed by atoms with van der Waals surface area (Å²) in [5, 5.41) is 7.81. The average Bonchev–Trinajstić information content (AvgIpc) is 2.77. The van der Waals surface area contributed by atoms with Crippen LogP contribution in [0.5, 0.6) is 5.75 Å². The second kappa shape index (κ2) is 4.94. The Morgan fingerprint density at radius 1 is 1.15 bits per heavy atom. The summed E-state index contributed by atoms with van der Waals surface area (Å²) < 4.78 is 5.39. The van der Waals surface area contributed by atoms with Gasteiger partial charge in [0, 0.05) is 5.56 Å². The van der Waals surface area contributed by atoms with E-state index in [-0.39, 0.29) is 5.91 Å². The second-order valence-corrected chi connectivity index (χ2v) is 4.78. The molecule has 100 valence electrons. The van der Waals surface area contributed by atoms with Gasteiger partial charge in [-0.1, -0.05) is 30.3 Å². The molecule has 0 atom stereocenters. The zero-order valence-corrected chi connectivity index (χ0v) is 11.6. The number of hydrogen-bond acceptors (Lipinski definition) is 3. The van der Waals surface area contributed by atoms with Gasteiger partial charge in [-0.05, 0) is 35.1 Å². The summed E-state index contributed by atoms with van der Waals surface area (Å²) in [6, 6.07) is 11.8. The molecule has 0 spiro atoms. The van der Waals surface area contributed by atoms with Crippen molar-refractivity contribution in [2.75, 3.05) is 7.11 Å². The van der Waals surface area contributed by atoms with E-state index in [2.05, 4.69) is 10.6 Å². The fourth-order valence-corrected chi connectivity index (χ4v) is 2.43. The molecule has 0 radical (unpaired) electrons. The summed E-state index contributed by atoms with van der Waals surface area (Å²) in [5.41, 5.74) is 1.28. The quantitative estimate of drug-likeness (QED) is 0.655. The van der Waals surface area contributed by atoms with E-state index in [9.17, 15) is 4.79 Å². The number of ether oxygens (including phenoxy) is 1. The van der Waals surface area contributed by atoms with Crippen LogP contribution in [0.25, 0.3) is 16.8 Å². The highest BCUT2D eigenvalue weighted by Crippen LogP contribution is 2.30. The Morgan fingerprint density at radius 3 is 2.65 bits per heavy atom. The van der Waals surface area contributed by atoms with Crippen LogP contribution in [-0.2, 0) is 4.79 Å². The standard InChI is InChI=1S/C15H12N2O2S/c1-19-13-7-6-9-4-2-3-5-10(9)11(13)8-12-14(18)17-15(20)16-12/h2-8H,1H3,(H2,16,17,18,20)/b12-8+. The number of benzene rings is 2. The third kappa shape index (κ3) is 2.12. The van der Waals surface area contributed by atoms with Gasteiger partial charge in [-0.2, -0.15) is 0 Å². The van der Waals surface area contributed by atoms with E-state index in [1.54, 1.807) is 13.2 Å². The first-order valence-corrected chi connectivity index (χ1v) is 6.49. The van der Waals surface area contributed by atoms with Gasteiger partial charge in [0.1, 0.15) is 11.4 Å². The highest BCUT2D eigenvalue weighted by Gasteiger charge is 2.21. The smallest absolute Gasteiger partial charge is 0.273 e. The topological polar surface area (TPSA) is 50.4 Å². The van der Waals surface area contributed by atoms with Crippen LogP contribution in [0.15, 0.2) is 42.1 Å². The van der Waals surface area contributed by atoms with Crippen LogP contribution in [0.2, 0.25) is 0 Å². The molecule has 1 aliphatic heterocycles. The monoisotopic (exact) mass is 284 g/mol. The molecule has 0 aliphatic carbocycles. The Labute approximate surface area is 121 Å². The van der Waals surface area contributed by atoms with Crippen LogP contribution in [0.1, 0.15) is 5.56 Å². The maximum absolute atomic E-state index is 11.8. The Hall–Kier alpha value is -2.40. The summed E-state index contributed by atoms with van der Waals surface area (Å²) >= 11 is 4.93. The highest BCUT2D eigenvalue weighted by molar-refractivity contribution is 7.80. The fourth-order valence-electron chi connectivity index (χ4n) is 2.23. The molecule has 20 heavy (non-hydrogen) atoms. The lowest BCUT2D eigenvalue weighted by Crippen LogP contribution is -2.21. The molecule has 2 N–H and O–H groups in total. The molecule has 3 rings (SSSR count). The minimum absolute atomic E-state index is 0.231. The highest BCUT2D eigenvalue weighted by atomic mass is 32.1. The summed E-state index contributed by atoms with van der Waals surface area (Å²) in [4.78, 5) is 11.8. The molecule has 1 amide bonds. The van der Waals surface area contributed by atoms with Crippen molar-refractivity contribution in [2.45, 2.75) is 0 Å². The van der Waals surface area contributed by atoms with Crippen molar-refractivity contribution in [1.29, 1.82) is 0 Å². The molecule has 4 nitrogen and oxygen atoms in total. The maximum Gasteiger partial charge on any atom is 0.273 e. The van der Waals surface area contributed by atoms with Crippen LogP contribution in [0.3, 0.4) is 0 Å². The molecule has 1 saturated heterocycles. The number of nitrogens with one attached hydrogen (secondary N) is 2. The number of hydrogen-bond donors (Lipinski definition) is 2. The SMILES string of the molecule is COc1ccc2ccccc2c1/C=C1/NC(=S)NC1=O. The molecule has 1 aliphatic rings.